The highest BCUT2D eigenvalue weighted by Crippen LogP contribution is 2.37. The molecule has 1 aromatic rings. The van der Waals surface area contributed by atoms with Crippen molar-refractivity contribution in [2.45, 2.75) is 26.8 Å². The molecule has 7 N–H and O–H groups in total. The normalized spacial score (nSPS) is 12.7. The van der Waals surface area contributed by atoms with Gasteiger partial charge in [-0.15, -0.1) is 0 Å². The van der Waals surface area contributed by atoms with E-state index in [9.17, 15) is 14.0 Å². The molecule has 0 saturated carbocycles. The van der Waals surface area contributed by atoms with Gasteiger partial charge in [-0.25, -0.2) is 9.18 Å². The molecule has 0 aliphatic rings. The van der Waals surface area contributed by atoms with Gasteiger partial charge in [-0.3, -0.25) is 4.79 Å². The van der Waals surface area contributed by atoms with Crippen LogP contribution in [0.2, 0.25) is 0 Å². The van der Waals surface area contributed by atoms with Gasteiger partial charge in [0.25, 0.3) is 5.91 Å². The summed E-state index contributed by atoms with van der Waals surface area (Å²) < 4.78 is 24.2. The average molecular weight is 368 g/mol. The van der Waals surface area contributed by atoms with Crippen molar-refractivity contribution in [3.8, 4) is 5.75 Å². The van der Waals surface area contributed by atoms with E-state index in [1.807, 2.05) is 20.8 Å². The first-order valence-electron chi connectivity index (χ1n) is 7.80. The van der Waals surface area contributed by atoms with Crippen molar-refractivity contribution in [2.24, 2.45) is 16.9 Å². The van der Waals surface area contributed by atoms with E-state index in [0.717, 1.165) is 0 Å². The summed E-state index contributed by atoms with van der Waals surface area (Å²) in [6, 6.07) is 0.852. The van der Waals surface area contributed by atoms with E-state index in [-0.39, 0.29) is 40.8 Å². The number of methoxy groups -OCH3 is 1. The largest absolute Gasteiger partial charge is 0.494 e. The smallest absolute Gasteiger partial charge is 0.404 e. The van der Waals surface area contributed by atoms with Crippen molar-refractivity contribution < 1.29 is 23.5 Å². The third kappa shape index (κ3) is 5.27. The predicted octanol–water partition coefficient (Wildman–Crippen LogP) is 1.99. The Balaban J connectivity index is 3.24. The standard InChI is InChI=1S/C17H25FN4O4/c1-17(2,3)11(6-5-7-26-16(21)24)22-14-10(25-4)8-9(15(20)23)12(18)13(14)19/h5-6,8,11,22H,7,19H2,1-4H3,(H2,20,23)(H2,21,24). The summed E-state index contributed by atoms with van der Waals surface area (Å²) in [5.74, 6) is -1.70. The molecule has 2 amide bonds. The molecule has 0 aliphatic carbocycles. The fraction of sp³-hybridized carbons (Fsp3) is 0.412. The minimum Gasteiger partial charge on any atom is -0.494 e. The van der Waals surface area contributed by atoms with E-state index in [0.29, 0.717) is 0 Å². The third-order valence-corrected chi connectivity index (χ3v) is 3.63. The lowest BCUT2D eigenvalue weighted by Gasteiger charge is -2.31. The van der Waals surface area contributed by atoms with Crippen molar-refractivity contribution in [3.63, 3.8) is 0 Å². The zero-order valence-corrected chi connectivity index (χ0v) is 15.3. The number of hydrogen-bond donors (Lipinski definition) is 4. The Hall–Kier alpha value is -2.97. The lowest BCUT2D eigenvalue weighted by atomic mass is 9.86. The van der Waals surface area contributed by atoms with E-state index < -0.39 is 17.8 Å². The number of halogens is 1. The molecule has 1 unspecified atom stereocenters. The van der Waals surface area contributed by atoms with Crippen LogP contribution in [0.15, 0.2) is 18.2 Å². The first-order valence-corrected chi connectivity index (χ1v) is 7.80. The fourth-order valence-corrected chi connectivity index (χ4v) is 2.17. The highest BCUT2D eigenvalue weighted by Gasteiger charge is 2.26. The van der Waals surface area contributed by atoms with Gasteiger partial charge in [0.2, 0.25) is 0 Å². The fourth-order valence-electron chi connectivity index (χ4n) is 2.17. The van der Waals surface area contributed by atoms with E-state index in [1.165, 1.54) is 13.2 Å². The van der Waals surface area contributed by atoms with Crippen molar-refractivity contribution in [1.82, 2.24) is 0 Å². The number of carbonyl (C=O) groups is 2. The minimum atomic E-state index is -0.949. The summed E-state index contributed by atoms with van der Waals surface area (Å²) in [5, 5.41) is 3.10. The first kappa shape index (κ1) is 21.1. The molecule has 0 spiro atoms. The van der Waals surface area contributed by atoms with Crippen LogP contribution in [-0.4, -0.2) is 31.8 Å². The number of nitrogens with two attached hydrogens (primary N) is 3. The summed E-state index contributed by atoms with van der Waals surface area (Å²) in [5.41, 5.74) is 15.1. The molecule has 9 heteroatoms. The molecule has 144 valence electrons. The van der Waals surface area contributed by atoms with Gasteiger partial charge in [-0.1, -0.05) is 26.8 Å². The number of carbonyl (C=O) groups excluding carboxylic acids is 2. The Morgan fingerprint density at radius 1 is 1.35 bits per heavy atom. The maximum Gasteiger partial charge on any atom is 0.404 e. The second-order valence-corrected chi connectivity index (χ2v) is 6.64. The van der Waals surface area contributed by atoms with Crippen LogP contribution in [0.1, 0.15) is 31.1 Å². The van der Waals surface area contributed by atoms with Crippen molar-refractivity contribution in [3.05, 3.63) is 29.6 Å². The number of nitrogen functional groups attached to an aromatic ring is 1. The lowest BCUT2D eigenvalue weighted by molar-refractivity contribution is 0.0996. The number of amides is 2. The molecule has 0 bridgehead atoms. The monoisotopic (exact) mass is 368 g/mol. The van der Waals surface area contributed by atoms with E-state index >= 15 is 0 Å². The maximum atomic E-state index is 14.4. The Labute approximate surface area is 151 Å². The van der Waals surface area contributed by atoms with E-state index in [4.69, 9.17) is 21.9 Å². The second kappa shape index (κ2) is 8.41. The summed E-state index contributed by atoms with van der Waals surface area (Å²) >= 11 is 0. The molecular formula is C17H25FN4O4. The van der Waals surface area contributed by atoms with Crippen LogP contribution in [0.4, 0.5) is 20.6 Å². The van der Waals surface area contributed by atoms with Crippen LogP contribution in [-0.2, 0) is 4.74 Å². The molecule has 0 radical (unpaired) electrons. The summed E-state index contributed by atoms with van der Waals surface area (Å²) in [4.78, 5) is 22.0. The molecule has 0 aromatic heterocycles. The van der Waals surface area contributed by atoms with Crippen LogP contribution in [0.25, 0.3) is 0 Å². The van der Waals surface area contributed by atoms with Crippen LogP contribution < -0.4 is 27.3 Å². The molecular weight excluding hydrogens is 343 g/mol. The first-order chi connectivity index (χ1) is 12.0. The molecule has 0 saturated heterocycles. The molecule has 0 aliphatic heterocycles. The van der Waals surface area contributed by atoms with Gasteiger partial charge in [0.05, 0.1) is 18.4 Å². The molecule has 26 heavy (non-hydrogen) atoms. The van der Waals surface area contributed by atoms with Crippen LogP contribution in [0.3, 0.4) is 0 Å². The summed E-state index contributed by atoms with van der Waals surface area (Å²) in [6.07, 6.45) is 2.46. The zero-order valence-electron chi connectivity index (χ0n) is 15.3. The Morgan fingerprint density at radius 3 is 2.42 bits per heavy atom. The number of primary amides is 2. The quantitative estimate of drug-likeness (QED) is 0.428. The number of anilines is 2. The highest BCUT2D eigenvalue weighted by molar-refractivity contribution is 5.96. The summed E-state index contributed by atoms with van der Waals surface area (Å²) in [6.45, 7) is 5.83. The van der Waals surface area contributed by atoms with Crippen molar-refractivity contribution >= 4 is 23.4 Å². The minimum absolute atomic E-state index is 0.00875. The molecule has 8 nitrogen and oxygen atoms in total. The van der Waals surface area contributed by atoms with Crippen molar-refractivity contribution in [1.29, 1.82) is 0 Å². The third-order valence-electron chi connectivity index (χ3n) is 3.63. The maximum absolute atomic E-state index is 14.4. The van der Waals surface area contributed by atoms with Gasteiger partial charge in [0, 0.05) is 6.04 Å². The second-order valence-electron chi connectivity index (χ2n) is 6.64. The topological polar surface area (TPSA) is 143 Å². The Morgan fingerprint density at radius 2 is 1.96 bits per heavy atom. The molecule has 0 heterocycles. The van der Waals surface area contributed by atoms with E-state index in [1.54, 1.807) is 12.2 Å². The number of benzene rings is 1. The lowest BCUT2D eigenvalue weighted by Crippen LogP contribution is -2.33. The molecule has 1 aromatic carbocycles. The van der Waals surface area contributed by atoms with Gasteiger partial charge in [-0.05, 0) is 17.6 Å². The number of rotatable bonds is 7. The average Bonchev–Trinajstić information content (AvgIpc) is 2.52. The zero-order chi connectivity index (χ0) is 20.1. The van der Waals surface area contributed by atoms with Gasteiger partial charge < -0.3 is 32.0 Å². The van der Waals surface area contributed by atoms with Crippen molar-refractivity contribution in [2.75, 3.05) is 24.8 Å². The Bertz CT molecular complexity index is 714. The van der Waals surface area contributed by atoms with Gasteiger partial charge in [-0.2, -0.15) is 0 Å². The number of ether oxygens (including phenoxy) is 2. The van der Waals surface area contributed by atoms with Crippen LogP contribution >= 0.6 is 0 Å². The number of nitrogens with one attached hydrogen (secondary N) is 1. The highest BCUT2D eigenvalue weighted by atomic mass is 19.1. The summed E-state index contributed by atoms with van der Waals surface area (Å²) in [7, 11) is 1.37. The van der Waals surface area contributed by atoms with Gasteiger partial charge in [0.1, 0.15) is 18.0 Å². The van der Waals surface area contributed by atoms with Gasteiger partial charge >= 0.3 is 6.09 Å². The van der Waals surface area contributed by atoms with Crippen LogP contribution in [0, 0.1) is 11.2 Å². The Kier molecular flexibility index (Phi) is 6.82. The van der Waals surface area contributed by atoms with E-state index in [2.05, 4.69) is 10.1 Å². The van der Waals surface area contributed by atoms with Crippen LogP contribution in [0.5, 0.6) is 5.75 Å². The molecule has 1 atom stereocenters. The molecule has 1 rings (SSSR count). The van der Waals surface area contributed by atoms with Gasteiger partial charge in [0.15, 0.2) is 5.82 Å². The molecule has 0 fully saturated rings. The SMILES string of the molecule is COc1cc(C(N)=O)c(F)c(N)c1NC(C=CCOC(N)=O)C(C)(C)C. The number of hydrogen-bond acceptors (Lipinski definition) is 6. The predicted molar refractivity (Wildman–Crippen MR) is 97.4 cm³/mol.